The summed E-state index contributed by atoms with van der Waals surface area (Å²) in [7, 11) is 0. The molecule has 0 bridgehead atoms. The van der Waals surface area contributed by atoms with Crippen molar-refractivity contribution in [2.45, 2.75) is 19.3 Å². The van der Waals surface area contributed by atoms with Gasteiger partial charge < -0.3 is 5.11 Å². The monoisotopic (exact) mass is 274 g/mol. The van der Waals surface area contributed by atoms with Crippen LogP contribution in [0.3, 0.4) is 0 Å². The van der Waals surface area contributed by atoms with Gasteiger partial charge in [-0.25, -0.2) is 0 Å². The number of benzene rings is 2. The van der Waals surface area contributed by atoms with Gasteiger partial charge in [0.1, 0.15) is 0 Å². The van der Waals surface area contributed by atoms with E-state index < -0.39 is 5.97 Å². The highest BCUT2D eigenvalue weighted by atomic mass is 35.5. The van der Waals surface area contributed by atoms with Crippen molar-refractivity contribution in [3.05, 3.63) is 59.1 Å². The zero-order valence-corrected chi connectivity index (χ0v) is 11.4. The lowest BCUT2D eigenvalue weighted by molar-refractivity contribution is -0.137. The number of carboxylic acids is 1. The lowest BCUT2D eigenvalue weighted by Crippen LogP contribution is -2.03. The van der Waals surface area contributed by atoms with Gasteiger partial charge in [0.25, 0.3) is 0 Å². The Morgan fingerprint density at radius 1 is 1.21 bits per heavy atom. The first-order valence-corrected chi connectivity index (χ1v) is 6.52. The van der Waals surface area contributed by atoms with Crippen molar-refractivity contribution < 1.29 is 9.90 Å². The quantitative estimate of drug-likeness (QED) is 0.886. The van der Waals surface area contributed by atoms with Gasteiger partial charge in [-0.05, 0) is 29.2 Å². The van der Waals surface area contributed by atoms with E-state index in [0.29, 0.717) is 5.02 Å². The summed E-state index contributed by atoms with van der Waals surface area (Å²) in [4.78, 5) is 10.8. The van der Waals surface area contributed by atoms with Crippen LogP contribution in [0.4, 0.5) is 0 Å². The van der Waals surface area contributed by atoms with Crippen molar-refractivity contribution in [1.29, 1.82) is 0 Å². The second-order valence-corrected chi connectivity index (χ2v) is 5.01. The average Bonchev–Trinajstić information content (AvgIpc) is 2.39. The van der Waals surface area contributed by atoms with Gasteiger partial charge in [0.15, 0.2) is 0 Å². The summed E-state index contributed by atoms with van der Waals surface area (Å²) in [6.07, 6.45) is 0.121. The van der Waals surface area contributed by atoms with Gasteiger partial charge in [-0.15, -0.1) is 0 Å². The first-order valence-electron chi connectivity index (χ1n) is 6.14. The van der Waals surface area contributed by atoms with Crippen LogP contribution in [-0.2, 0) is 4.79 Å². The summed E-state index contributed by atoms with van der Waals surface area (Å²) in [6, 6.07) is 15.6. The smallest absolute Gasteiger partial charge is 0.303 e. The summed E-state index contributed by atoms with van der Waals surface area (Å²) in [5.41, 5.74) is 2.97. The van der Waals surface area contributed by atoms with Crippen LogP contribution in [0.5, 0.6) is 0 Å². The van der Waals surface area contributed by atoms with Crippen LogP contribution in [-0.4, -0.2) is 11.1 Å². The first-order chi connectivity index (χ1) is 9.08. The molecule has 0 saturated carbocycles. The third-order valence-corrected chi connectivity index (χ3v) is 3.45. The minimum atomic E-state index is -0.788. The maximum atomic E-state index is 10.8. The number of halogens is 1. The van der Waals surface area contributed by atoms with Crippen molar-refractivity contribution in [2.75, 3.05) is 0 Å². The van der Waals surface area contributed by atoms with Crippen LogP contribution in [0, 0.1) is 0 Å². The summed E-state index contributed by atoms with van der Waals surface area (Å²) >= 11 is 6.22. The van der Waals surface area contributed by atoms with Crippen LogP contribution in [0.2, 0.25) is 5.02 Å². The highest BCUT2D eigenvalue weighted by molar-refractivity contribution is 6.33. The fourth-order valence-electron chi connectivity index (χ4n) is 2.07. The Labute approximate surface area is 117 Å². The highest BCUT2D eigenvalue weighted by Gasteiger charge is 2.12. The van der Waals surface area contributed by atoms with Gasteiger partial charge in [-0.1, -0.05) is 54.9 Å². The molecule has 2 aromatic carbocycles. The minimum Gasteiger partial charge on any atom is -0.481 e. The normalized spacial score (nSPS) is 12.1. The van der Waals surface area contributed by atoms with Crippen LogP contribution in [0.15, 0.2) is 48.5 Å². The van der Waals surface area contributed by atoms with E-state index in [-0.39, 0.29) is 12.3 Å². The standard InChI is InChI=1S/C16H15ClO2/c1-11(9-16(18)19)13-7-8-15(17)14(10-13)12-5-3-2-4-6-12/h2-8,10-11H,9H2,1H3,(H,18,19). The fourth-order valence-corrected chi connectivity index (χ4v) is 2.29. The summed E-state index contributed by atoms with van der Waals surface area (Å²) in [5, 5.41) is 9.54. The molecule has 0 aliphatic heterocycles. The Balaban J connectivity index is 2.38. The Morgan fingerprint density at radius 3 is 2.53 bits per heavy atom. The Morgan fingerprint density at radius 2 is 1.89 bits per heavy atom. The van der Waals surface area contributed by atoms with E-state index in [2.05, 4.69) is 0 Å². The second kappa shape index (κ2) is 5.89. The van der Waals surface area contributed by atoms with E-state index in [1.807, 2.05) is 55.5 Å². The molecule has 98 valence electrons. The summed E-state index contributed by atoms with van der Waals surface area (Å²) in [6.45, 7) is 1.91. The zero-order chi connectivity index (χ0) is 13.8. The highest BCUT2D eigenvalue weighted by Crippen LogP contribution is 2.31. The van der Waals surface area contributed by atoms with Gasteiger partial charge in [0.05, 0.1) is 6.42 Å². The largest absolute Gasteiger partial charge is 0.481 e. The molecule has 0 heterocycles. The number of aliphatic carboxylic acids is 1. The molecule has 1 atom stereocenters. The Bertz CT molecular complexity index is 579. The molecule has 1 N–H and O–H groups in total. The number of hydrogen-bond acceptors (Lipinski definition) is 1. The molecule has 0 spiro atoms. The van der Waals surface area contributed by atoms with Crippen molar-refractivity contribution >= 4 is 17.6 Å². The predicted molar refractivity (Wildman–Crippen MR) is 77.6 cm³/mol. The third-order valence-electron chi connectivity index (χ3n) is 3.13. The minimum absolute atomic E-state index is 0.0303. The molecule has 1 unspecified atom stereocenters. The van der Waals surface area contributed by atoms with Gasteiger partial charge in [0, 0.05) is 10.6 Å². The van der Waals surface area contributed by atoms with Gasteiger partial charge in [-0.2, -0.15) is 0 Å². The first kappa shape index (κ1) is 13.6. The van der Waals surface area contributed by atoms with Crippen molar-refractivity contribution in [3.63, 3.8) is 0 Å². The van der Waals surface area contributed by atoms with Crippen LogP contribution >= 0.6 is 11.6 Å². The van der Waals surface area contributed by atoms with Crippen LogP contribution in [0.1, 0.15) is 24.8 Å². The maximum absolute atomic E-state index is 10.8. The molecule has 0 aliphatic carbocycles. The molecule has 2 nitrogen and oxygen atoms in total. The van der Waals surface area contributed by atoms with E-state index in [1.54, 1.807) is 0 Å². The van der Waals surface area contributed by atoms with Gasteiger partial charge in [-0.3, -0.25) is 4.79 Å². The zero-order valence-electron chi connectivity index (χ0n) is 10.6. The molecule has 0 aliphatic rings. The molecular weight excluding hydrogens is 260 g/mol. The lowest BCUT2D eigenvalue weighted by atomic mass is 9.94. The number of hydrogen-bond donors (Lipinski definition) is 1. The molecule has 19 heavy (non-hydrogen) atoms. The van der Waals surface area contributed by atoms with Gasteiger partial charge >= 0.3 is 5.97 Å². The lowest BCUT2D eigenvalue weighted by Gasteiger charge is -2.12. The van der Waals surface area contributed by atoms with Gasteiger partial charge in [0.2, 0.25) is 0 Å². The van der Waals surface area contributed by atoms with Crippen molar-refractivity contribution in [2.24, 2.45) is 0 Å². The second-order valence-electron chi connectivity index (χ2n) is 4.60. The van der Waals surface area contributed by atoms with E-state index in [4.69, 9.17) is 16.7 Å². The van der Waals surface area contributed by atoms with E-state index in [1.165, 1.54) is 0 Å². The molecule has 0 aromatic heterocycles. The maximum Gasteiger partial charge on any atom is 0.303 e. The fraction of sp³-hybridized carbons (Fsp3) is 0.188. The molecule has 3 heteroatoms. The van der Waals surface area contributed by atoms with E-state index >= 15 is 0 Å². The van der Waals surface area contributed by atoms with E-state index in [0.717, 1.165) is 16.7 Å². The molecule has 2 rings (SSSR count). The van der Waals surface area contributed by atoms with E-state index in [9.17, 15) is 4.79 Å². The molecular formula is C16H15ClO2. The predicted octanol–water partition coefficient (Wildman–Crippen LogP) is 4.59. The Hall–Kier alpha value is -1.80. The topological polar surface area (TPSA) is 37.3 Å². The number of carbonyl (C=O) groups is 1. The number of carboxylic acid groups (broad SMARTS) is 1. The third kappa shape index (κ3) is 3.36. The summed E-state index contributed by atoms with van der Waals surface area (Å²) < 4.78 is 0. The molecule has 0 saturated heterocycles. The van der Waals surface area contributed by atoms with Crippen LogP contribution in [0.25, 0.3) is 11.1 Å². The molecule has 0 fully saturated rings. The van der Waals surface area contributed by atoms with Crippen molar-refractivity contribution in [1.82, 2.24) is 0 Å². The van der Waals surface area contributed by atoms with Crippen LogP contribution < -0.4 is 0 Å². The number of rotatable bonds is 4. The molecule has 0 radical (unpaired) electrons. The SMILES string of the molecule is CC(CC(=O)O)c1ccc(Cl)c(-c2ccccc2)c1. The molecule has 2 aromatic rings. The average molecular weight is 275 g/mol. The van der Waals surface area contributed by atoms with Crippen molar-refractivity contribution in [3.8, 4) is 11.1 Å². The summed E-state index contributed by atoms with van der Waals surface area (Å²) in [5.74, 6) is -0.819. The molecule has 0 amide bonds. The Kier molecular flexibility index (Phi) is 4.23.